The molecule has 19 heavy (non-hydrogen) atoms. The van der Waals surface area contributed by atoms with Crippen molar-refractivity contribution in [2.45, 2.75) is 10.8 Å². The average molecular weight is 272 g/mol. The first-order valence-electron chi connectivity index (χ1n) is 6.01. The van der Waals surface area contributed by atoms with Gasteiger partial charge < -0.3 is 9.53 Å². The van der Waals surface area contributed by atoms with Gasteiger partial charge in [-0.25, -0.2) is 0 Å². The SMILES string of the molecule is COc1ccc(C(C=O)c2ccc(SC)cc2)cc1. The van der Waals surface area contributed by atoms with E-state index in [0.717, 1.165) is 23.2 Å². The number of methoxy groups -OCH3 is 1. The van der Waals surface area contributed by atoms with Gasteiger partial charge in [-0.2, -0.15) is 0 Å². The number of rotatable bonds is 5. The van der Waals surface area contributed by atoms with Crippen molar-refractivity contribution in [1.29, 1.82) is 0 Å². The molecule has 98 valence electrons. The lowest BCUT2D eigenvalue weighted by Crippen LogP contribution is -2.02. The van der Waals surface area contributed by atoms with Gasteiger partial charge in [0.2, 0.25) is 0 Å². The van der Waals surface area contributed by atoms with Gasteiger partial charge in [0, 0.05) is 4.90 Å². The van der Waals surface area contributed by atoms with E-state index in [-0.39, 0.29) is 5.92 Å². The van der Waals surface area contributed by atoms with Gasteiger partial charge >= 0.3 is 0 Å². The van der Waals surface area contributed by atoms with Crippen molar-refractivity contribution >= 4 is 18.0 Å². The highest BCUT2D eigenvalue weighted by atomic mass is 32.2. The Morgan fingerprint density at radius 2 is 1.53 bits per heavy atom. The third-order valence-corrected chi connectivity index (χ3v) is 3.83. The molecule has 0 N–H and O–H groups in total. The molecular formula is C16H16O2S. The average Bonchev–Trinajstić information content (AvgIpc) is 2.49. The number of carbonyl (C=O) groups excluding carboxylic acids is 1. The van der Waals surface area contributed by atoms with E-state index < -0.39 is 0 Å². The first-order valence-corrected chi connectivity index (χ1v) is 7.24. The van der Waals surface area contributed by atoms with E-state index in [1.165, 1.54) is 4.90 Å². The van der Waals surface area contributed by atoms with Crippen LogP contribution in [0.15, 0.2) is 53.4 Å². The number of hydrogen-bond acceptors (Lipinski definition) is 3. The van der Waals surface area contributed by atoms with Gasteiger partial charge in [0.15, 0.2) is 0 Å². The fraction of sp³-hybridized carbons (Fsp3) is 0.188. The summed E-state index contributed by atoms with van der Waals surface area (Å²) < 4.78 is 5.13. The van der Waals surface area contributed by atoms with Crippen LogP contribution in [-0.2, 0) is 4.79 Å². The summed E-state index contributed by atoms with van der Waals surface area (Å²) in [5.74, 6) is 0.577. The van der Waals surface area contributed by atoms with Crippen molar-refractivity contribution in [3.63, 3.8) is 0 Å². The molecule has 3 heteroatoms. The molecule has 1 unspecified atom stereocenters. The van der Waals surface area contributed by atoms with Crippen molar-refractivity contribution in [3.05, 3.63) is 59.7 Å². The summed E-state index contributed by atoms with van der Waals surface area (Å²) in [5.41, 5.74) is 1.99. The van der Waals surface area contributed by atoms with Gasteiger partial charge in [-0.15, -0.1) is 11.8 Å². The molecule has 0 amide bonds. The van der Waals surface area contributed by atoms with Crippen LogP contribution in [0.1, 0.15) is 17.0 Å². The molecule has 0 aromatic heterocycles. The number of ether oxygens (including phenoxy) is 1. The first kappa shape index (κ1) is 13.7. The lowest BCUT2D eigenvalue weighted by atomic mass is 9.93. The zero-order valence-electron chi connectivity index (χ0n) is 11.0. The maximum absolute atomic E-state index is 11.4. The lowest BCUT2D eigenvalue weighted by molar-refractivity contribution is -0.108. The van der Waals surface area contributed by atoms with E-state index in [1.807, 2.05) is 54.8 Å². The minimum atomic E-state index is -0.221. The maximum atomic E-state index is 11.4. The van der Waals surface area contributed by atoms with Crippen molar-refractivity contribution < 1.29 is 9.53 Å². The molecule has 0 fully saturated rings. The molecule has 0 aliphatic rings. The molecule has 0 heterocycles. The van der Waals surface area contributed by atoms with Crippen LogP contribution in [0.4, 0.5) is 0 Å². The monoisotopic (exact) mass is 272 g/mol. The molecule has 2 rings (SSSR count). The predicted octanol–water partition coefficient (Wildman–Crippen LogP) is 3.75. The third kappa shape index (κ3) is 3.18. The molecule has 0 spiro atoms. The fourth-order valence-electron chi connectivity index (χ4n) is 1.97. The largest absolute Gasteiger partial charge is 0.497 e. The molecule has 1 atom stereocenters. The standard InChI is InChI=1S/C16H16O2S/c1-18-14-7-3-12(4-8-14)16(11-17)13-5-9-15(19-2)10-6-13/h3-11,16H,1-2H3. The highest BCUT2D eigenvalue weighted by Gasteiger charge is 2.13. The summed E-state index contributed by atoms with van der Waals surface area (Å²) in [7, 11) is 1.63. The van der Waals surface area contributed by atoms with Crippen molar-refractivity contribution in [2.75, 3.05) is 13.4 Å². The maximum Gasteiger partial charge on any atom is 0.131 e. The topological polar surface area (TPSA) is 26.3 Å². The summed E-state index contributed by atoms with van der Waals surface area (Å²) in [6.45, 7) is 0. The molecule has 2 aromatic carbocycles. The van der Waals surface area contributed by atoms with Crippen molar-refractivity contribution in [3.8, 4) is 5.75 Å². The quantitative estimate of drug-likeness (QED) is 0.612. The third-order valence-electron chi connectivity index (χ3n) is 3.09. The van der Waals surface area contributed by atoms with Gasteiger partial charge in [0.1, 0.15) is 12.0 Å². The van der Waals surface area contributed by atoms with Gasteiger partial charge in [-0.05, 0) is 41.6 Å². The van der Waals surface area contributed by atoms with Crippen molar-refractivity contribution in [2.24, 2.45) is 0 Å². The Morgan fingerprint density at radius 1 is 1.00 bits per heavy atom. The molecular weight excluding hydrogens is 256 g/mol. The summed E-state index contributed by atoms with van der Waals surface area (Å²) in [5, 5.41) is 0. The molecule has 0 aliphatic heterocycles. The Hall–Kier alpha value is -1.74. The Labute approximate surface area is 117 Å². The molecule has 0 aliphatic carbocycles. The second kappa shape index (κ2) is 6.43. The molecule has 2 aromatic rings. The number of carbonyl (C=O) groups is 1. The van der Waals surface area contributed by atoms with E-state index in [1.54, 1.807) is 18.9 Å². The Morgan fingerprint density at radius 3 is 1.95 bits per heavy atom. The van der Waals surface area contributed by atoms with E-state index in [2.05, 4.69) is 0 Å². The smallest absolute Gasteiger partial charge is 0.131 e. The van der Waals surface area contributed by atoms with Crippen LogP contribution in [0, 0.1) is 0 Å². The van der Waals surface area contributed by atoms with Crippen LogP contribution >= 0.6 is 11.8 Å². The molecule has 0 radical (unpaired) electrons. The van der Waals surface area contributed by atoms with E-state index in [4.69, 9.17) is 4.74 Å². The summed E-state index contributed by atoms with van der Waals surface area (Å²) in [4.78, 5) is 12.6. The second-order valence-corrected chi connectivity index (χ2v) is 5.04. The van der Waals surface area contributed by atoms with Gasteiger partial charge in [-0.1, -0.05) is 24.3 Å². The Balaban J connectivity index is 2.29. The highest BCUT2D eigenvalue weighted by Crippen LogP contribution is 2.26. The van der Waals surface area contributed by atoms with Crippen LogP contribution in [0.2, 0.25) is 0 Å². The number of benzene rings is 2. The molecule has 0 saturated carbocycles. The first-order chi connectivity index (χ1) is 9.28. The summed E-state index contributed by atoms with van der Waals surface area (Å²) in [6, 6.07) is 15.7. The van der Waals surface area contributed by atoms with Gasteiger partial charge in [-0.3, -0.25) is 0 Å². The summed E-state index contributed by atoms with van der Waals surface area (Å²) >= 11 is 1.69. The number of thioether (sulfide) groups is 1. The highest BCUT2D eigenvalue weighted by molar-refractivity contribution is 7.98. The number of aldehydes is 1. The van der Waals surface area contributed by atoms with Crippen LogP contribution in [0.3, 0.4) is 0 Å². The second-order valence-electron chi connectivity index (χ2n) is 4.16. The minimum Gasteiger partial charge on any atom is -0.497 e. The van der Waals surface area contributed by atoms with Crippen molar-refractivity contribution in [1.82, 2.24) is 0 Å². The minimum absolute atomic E-state index is 0.221. The number of hydrogen-bond donors (Lipinski definition) is 0. The summed E-state index contributed by atoms with van der Waals surface area (Å²) in [6.07, 6.45) is 3.02. The van der Waals surface area contributed by atoms with E-state index in [9.17, 15) is 4.79 Å². The molecule has 2 nitrogen and oxygen atoms in total. The Bertz CT molecular complexity index is 484. The van der Waals surface area contributed by atoms with E-state index >= 15 is 0 Å². The van der Waals surface area contributed by atoms with Crippen LogP contribution in [0.5, 0.6) is 5.75 Å². The normalized spacial score (nSPS) is 11.9. The predicted molar refractivity (Wildman–Crippen MR) is 79.1 cm³/mol. The van der Waals surface area contributed by atoms with Crippen LogP contribution in [0.25, 0.3) is 0 Å². The van der Waals surface area contributed by atoms with Gasteiger partial charge in [0.25, 0.3) is 0 Å². The van der Waals surface area contributed by atoms with Gasteiger partial charge in [0.05, 0.1) is 13.0 Å². The lowest BCUT2D eigenvalue weighted by Gasteiger charge is -2.12. The molecule has 0 bridgehead atoms. The Kier molecular flexibility index (Phi) is 4.63. The van der Waals surface area contributed by atoms with E-state index in [0.29, 0.717) is 0 Å². The zero-order valence-corrected chi connectivity index (χ0v) is 11.8. The fourth-order valence-corrected chi connectivity index (χ4v) is 2.38. The molecule has 0 saturated heterocycles. The zero-order chi connectivity index (χ0) is 13.7. The van der Waals surface area contributed by atoms with Crippen LogP contribution in [-0.4, -0.2) is 19.7 Å². The van der Waals surface area contributed by atoms with Crippen LogP contribution < -0.4 is 4.74 Å².